The molecule has 0 aliphatic rings. The number of para-hydroxylation sites is 1. The number of pyridine rings is 2. The molecule has 4 nitrogen and oxygen atoms in total. The number of benzene rings is 1. The summed E-state index contributed by atoms with van der Waals surface area (Å²) in [5.74, 6) is 1.01. The van der Waals surface area contributed by atoms with Crippen LogP contribution in [0.4, 0.5) is 11.5 Å². The van der Waals surface area contributed by atoms with Gasteiger partial charge in [-0.2, -0.15) is 0 Å². The predicted molar refractivity (Wildman–Crippen MR) is 85.1 cm³/mol. The summed E-state index contributed by atoms with van der Waals surface area (Å²) >= 11 is 0. The van der Waals surface area contributed by atoms with Crippen molar-refractivity contribution in [3.63, 3.8) is 0 Å². The topological polar surface area (TPSA) is 58.0 Å². The molecule has 0 aliphatic heterocycles. The van der Waals surface area contributed by atoms with Gasteiger partial charge in [0.2, 0.25) is 0 Å². The standard InChI is InChI=1S/C17H17N3O/c1-10-11(2)17(19-12(3)16(10)21)20-14-8-4-6-13-7-5-9-18-15(13)14/h4-9,21H,1-3H3,(H,19,20). The smallest absolute Gasteiger partial charge is 0.140 e. The Morgan fingerprint density at radius 2 is 1.76 bits per heavy atom. The molecule has 2 heterocycles. The normalized spacial score (nSPS) is 10.8. The summed E-state index contributed by atoms with van der Waals surface area (Å²) in [6, 6.07) is 9.95. The van der Waals surface area contributed by atoms with E-state index in [1.54, 1.807) is 13.1 Å². The lowest BCUT2D eigenvalue weighted by molar-refractivity contribution is 0.463. The first-order valence-electron chi connectivity index (χ1n) is 6.85. The van der Waals surface area contributed by atoms with Gasteiger partial charge in [-0.1, -0.05) is 18.2 Å². The third-order valence-electron chi connectivity index (χ3n) is 3.78. The van der Waals surface area contributed by atoms with Crippen LogP contribution in [0.2, 0.25) is 0 Å². The molecule has 0 aliphatic carbocycles. The molecule has 0 saturated carbocycles. The van der Waals surface area contributed by atoms with E-state index in [1.807, 2.05) is 44.2 Å². The van der Waals surface area contributed by atoms with Crippen LogP contribution in [0.25, 0.3) is 10.9 Å². The molecule has 0 spiro atoms. The van der Waals surface area contributed by atoms with Crippen molar-refractivity contribution in [3.8, 4) is 5.75 Å². The Morgan fingerprint density at radius 1 is 1.00 bits per heavy atom. The number of rotatable bonds is 2. The van der Waals surface area contributed by atoms with Crippen LogP contribution < -0.4 is 5.32 Å². The minimum atomic E-state index is 0.258. The van der Waals surface area contributed by atoms with Gasteiger partial charge in [-0.05, 0) is 44.0 Å². The average molecular weight is 279 g/mol. The molecule has 2 aromatic heterocycles. The highest BCUT2D eigenvalue weighted by molar-refractivity contribution is 5.91. The van der Waals surface area contributed by atoms with Crippen molar-refractivity contribution in [2.24, 2.45) is 0 Å². The fourth-order valence-corrected chi connectivity index (χ4v) is 2.39. The van der Waals surface area contributed by atoms with Gasteiger partial charge in [0.25, 0.3) is 0 Å². The van der Waals surface area contributed by atoms with Crippen LogP contribution in [-0.4, -0.2) is 15.1 Å². The van der Waals surface area contributed by atoms with Gasteiger partial charge in [-0.3, -0.25) is 4.98 Å². The third-order valence-corrected chi connectivity index (χ3v) is 3.78. The Bertz CT molecular complexity index is 822. The van der Waals surface area contributed by atoms with Crippen molar-refractivity contribution < 1.29 is 5.11 Å². The van der Waals surface area contributed by atoms with E-state index in [4.69, 9.17) is 0 Å². The zero-order valence-electron chi connectivity index (χ0n) is 12.3. The number of hydrogen-bond donors (Lipinski definition) is 2. The SMILES string of the molecule is Cc1nc(Nc2cccc3cccnc23)c(C)c(C)c1O. The number of anilines is 2. The Morgan fingerprint density at radius 3 is 2.57 bits per heavy atom. The van der Waals surface area contributed by atoms with Crippen LogP contribution in [0.5, 0.6) is 5.75 Å². The van der Waals surface area contributed by atoms with Crippen molar-refractivity contribution in [2.75, 3.05) is 5.32 Å². The maximum absolute atomic E-state index is 9.95. The number of fused-ring (bicyclic) bond motifs is 1. The van der Waals surface area contributed by atoms with E-state index in [9.17, 15) is 5.11 Å². The molecule has 3 aromatic rings. The van der Waals surface area contributed by atoms with E-state index < -0.39 is 0 Å². The number of aromatic hydroxyl groups is 1. The lowest BCUT2D eigenvalue weighted by Gasteiger charge is -2.14. The molecule has 0 fully saturated rings. The second kappa shape index (κ2) is 5.05. The molecule has 1 aromatic carbocycles. The van der Waals surface area contributed by atoms with Crippen LogP contribution in [0.15, 0.2) is 36.5 Å². The fraction of sp³-hybridized carbons (Fsp3) is 0.176. The Kier molecular flexibility index (Phi) is 3.22. The van der Waals surface area contributed by atoms with Crippen LogP contribution in [-0.2, 0) is 0 Å². The van der Waals surface area contributed by atoms with E-state index in [0.29, 0.717) is 5.69 Å². The van der Waals surface area contributed by atoms with E-state index in [2.05, 4.69) is 15.3 Å². The molecule has 0 unspecified atom stereocenters. The Labute approximate surface area is 123 Å². The number of nitrogens with one attached hydrogen (secondary N) is 1. The molecule has 2 N–H and O–H groups in total. The second-order valence-corrected chi connectivity index (χ2v) is 5.15. The molecule has 106 valence electrons. The molecule has 4 heteroatoms. The summed E-state index contributed by atoms with van der Waals surface area (Å²) in [5, 5.41) is 14.4. The van der Waals surface area contributed by atoms with E-state index >= 15 is 0 Å². The summed E-state index contributed by atoms with van der Waals surface area (Å²) in [7, 11) is 0. The van der Waals surface area contributed by atoms with Gasteiger partial charge in [-0.25, -0.2) is 4.98 Å². The quantitative estimate of drug-likeness (QED) is 0.744. The predicted octanol–water partition coefficient (Wildman–Crippen LogP) is 4.00. The summed E-state index contributed by atoms with van der Waals surface area (Å²) in [5.41, 5.74) is 4.22. The fourth-order valence-electron chi connectivity index (χ4n) is 2.39. The maximum atomic E-state index is 9.95. The van der Waals surface area contributed by atoms with Gasteiger partial charge in [0.1, 0.15) is 11.6 Å². The van der Waals surface area contributed by atoms with E-state index in [1.165, 1.54) is 0 Å². The molecule has 21 heavy (non-hydrogen) atoms. The largest absolute Gasteiger partial charge is 0.506 e. The first-order chi connectivity index (χ1) is 10.1. The number of nitrogens with zero attached hydrogens (tertiary/aromatic N) is 2. The zero-order valence-corrected chi connectivity index (χ0v) is 12.3. The molecule has 0 bridgehead atoms. The van der Waals surface area contributed by atoms with Gasteiger partial charge in [0, 0.05) is 11.6 Å². The first kappa shape index (κ1) is 13.4. The lowest BCUT2D eigenvalue weighted by Crippen LogP contribution is -2.01. The molecule has 0 saturated heterocycles. The summed E-state index contributed by atoms with van der Waals surface area (Å²) in [4.78, 5) is 8.88. The molecular weight excluding hydrogens is 262 g/mol. The van der Waals surface area contributed by atoms with Gasteiger partial charge >= 0.3 is 0 Å². The van der Waals surface area contributed by atoms with Gasteiger partial charge in [0.15, 0.2) is 0 Å². The number of aryl methyl sites for hydroxylation is 1. The first-order valence-corrected chi connectivity index (χ1v) is 6.85. The summed E-state index contributed by atoms with van der Waals surface area (Å²) < 4.78 is 0. The lowest BCUT2D eigenvalue weighted by atomic mass is 10.1. The minimum Gasteiger partial charge on any atom is -0.506 e. The zero-order chi connectivity index (χ0) is 15.0. The Hall–Kier alpha value is -2.62. The van der Waals surface area contributed by atoms with Crippen LogP contribution in [0.3, 0.4) is 0 Å². The van der Waals surface area contributed by atoms with E-state index in [-0.39, 0.29) is 5.75 Å². The molecule has 0 amide bonds. The third kappa shape index (κ3) is 2.29. The van der Waals surface area contributed by atoms with Crippen molar-refractivity contribution in [1.82, 2.24) is 9.97 Å². The average Bonchev–Trinajstić information content (AvgIpc) is 2.51. The van der Waals surface area contributed by atoms with Gasteiger partial charge < -0.3 is 10.4 Å². The van der Waals surface area contributed by atoms with Crippen LogP contribution in [0, 0.1) is 20.8 Å². The van der Waals surface area contributed by atoms with Gasteiger partial charge in [-0.15, -0.1) is 0 Å². The second-order valence-electron chi connectivity index (χ2n) is 5.15. The Balaban J connectivity index is 2.11. The number of hydrogen-bond acceptors (Lipinski definition) is 4. The number of aromatic nitrogens is 2. The van der Waals surface area contributed by atoms with Gasteiger partial charge in [0.05, 0.1) is 16.9 Å². The van der Waals surface area contributed by atoms with Crippen molar-refractivity contribution in [3.05, 3.63) is 53.3 Å². The molecule has 0 atom stereocenters. The van der Waals surface area contributed by atoms with Crippen molar-refractivity contribution in [2.45, 2.75) is 20.8 Å². The highest BCUT2D eigenvalue weighted by Crippen LogP contribution is 2.31. The van der Waals surface area contributed by atoms with Crippen LogP contribution in [0.1, 0.15) is 16.8 Å². The maximum Gasteiger partial charge on any atom is 0.140 e. The monoisotopic (exact) mass is 279 g/mol. The van der Waals surface area contributed by atoms with E-state index in [0.717, 1.165) is 33.5 Å². The highest BCUT2D eigenvalue weighted by Gasteiger charge is 2.12. The van der Waals surface area contributed by atoms with Crippen molar-refractivity contribution >= 4 is 22.4 Å². The molecular formula is C17H17N3O. The summed E-state index contributed by atoms with van der Waals surface area (Å²) in [6.07, 6.45) is 1.78. The summed E-state index contributed by atoms with van der Waals surface area (Å²) in [6.45, 7) is 5.64. The highest BCUT2D eigenvalue weighted by atomic mass is 16.3. The molecule has 0 radical (unpaired) electrons. The minimum absolute atomic E-state index is 0.258. The molecule has 3 rings (SSSR count). The van der Waals surface area contributed by atoms with Crippen LogP contribution >= 0.6 is 0 Å². The van der Waals surface area contributed by atoms with Crippen molar-refractivity contribution in [1.29, 1.82) is 0 Å².